The van der Waals surface area contributed by atoms with E-state index in [0.717, 1.165) is 130 Å². The van der Waals surface area contributed by atoms with Crippen LogP contribution < -0.4 is 20.0 Å². The van der Waals surface area contributed by atoms with Crippen molar-refractivity contribution >= 4 is 101 Å². The van der Waals surface area contributed by atoms with Crippen molar-refractivity contribution in [2.24, 2.45) is 5.92 Å². The molecule has 1 atom stereocenters. The number of benzene rings is 12. The maximum atomic E-state index is 6.16. The third kappa shape index (κ3) is 29.0. The summed E-state index contributed by atoms with van der Waals surface area (Å²) >= 11 is -1.79. The maximum Gasteiger partial charge on any atom is 0.120 e. The molecule has 8 nitrogen and oxygen atoms in total. The molecule has 0 bridgehead atoms. The van der Waals surface area contributed by atoms with Crippen LogP contribution in [-0.2, 0) is 78.6 Å². The molecule has 15 heteroatoms. The first-order valence-electron chi connectivity index (χ1n) is 50.1. The Bertz CT molecular complexity index is 7510. The van der Waals surface area contributed by atoms with Gasteiger partial charge in [0.15, 0.2) is 0 Å². The van der Waals surface area contributed by atoms with Crippen LogP contribution in [0.2, 0.25) is 76.2 Å². The second-order valence-corrected chi connectivity index (χ2v) is 68.2. The van der Waals surface area contributed by atoms with Gasteiger partial charge in [0.2, 0.25) is 0 Å². The van der Waals surface area contributed by atoms with E-state index in [1.54, 1.807) is 0 Å². The molecule has 741 valence electrons. The Hall–Kier alpha value is -11.7. The molecule has 1 aliphatic carbocycles. The summed E-state index contributed by atoms with van der Waals surface area (Å²) in [6, 6.07) is 138. The van der Waals surface area contributed by atoms with E-state index in [1.807, 2.05) is 85.6 Å². The molecule has 0 spiro atoms. The minimum absolute atomic E-state index is 0. The average molecular weight is 2540 g/mol. The van der Waals surface area contributed by atoms with E-state index in [-0.39, 0.29) is 65.7 Å². The third-order valence-electron chi connectivity index (χ3n) is 27.0. The van der Waals surface area contributed by atoms with Crippen molar-refractivity contribution in [3.63, 3.8) is 0 Å². The van der Waals surface area contributed by atoms with E-state index >= 15 is 0 Å². The summed E-state index contributed by atoms with van der Waals surface area (Å²) in [5, 5.41) is 8.73. The van der Waals surface area contributed by atoms with Gasteiger partial charge in [0.1, 0.15) is 11.2 Å². The smallest absolute Gasteiger partial charge is 0.120 e. The Kier molecular flexibility index (Phi) is 38.6. The minimum atomic E-state index is -1.79. The number of furan rings is 2. The molecular formula is C130H130GeIr3N6O2Si3-6. The van der Waals surface area contributed by atoms with Gasteiger partial charge in [0, 0.05) is 102 Å². The summed E-state index contributed by atoms with van der Waals surface area (Å²) in [6.45, 7) is 32.2. The first kappa shape index (κ1) is 110. The van der Waals surface area contributed by atoms with E-state index in [0.29, 0.717) is 11.8 Å². The van der Waals surface area contributed by atoms with Crippen LogP contribution in [0, 0.1) is 42.3 Å². The van der Waals surface area contributed by atoms with Crippen LogP contribution in [0.3, 0.4) is 0 Å². The van der Waals surface area contributed by atoms with Gasteiger partial charge in [-0.15, -0.1) is 143 Å². The summed E-state index contributed by atoms with van der Waals surface area (Å²) in [4.78, 5) is 27.7. The molecule has 12 aromatic carbocycles. The van der Waals surface area contributed by atoms with Crippen LogP contribution in [-0.4, -0.2) is 67.4 Å². The van der Waals surface area contributed by atoms with Crippen molar-refractivity contribution in [1.29, 1.82) is 0 Å². The zero-order chi connectivity index (χ0) is 99.6. The molecule has 0 saturated heterocycles. The molecule has 0 amide bonds. The Morgan fingerprint density at radius 3 is 1.36 bits per heavy atom. The van der Waals surface area contributed by atoms with Gasteiger partial charge in [-0.1, -0.05) is 338 Å². The SMILES string of the molecule is CC(C)(c1c[c-]c(-c2ccc([Si](C)(C)C)cn2)cc1)c1ccccc1.CC(C)c1ccnc(-c2[c-]ccc3c2oc2ccccc23)c1.CC(c1c[c-]c(-c2cc[c]([Ge]([CH3])([CH3])[CH3])cn2)cc1)c1ccccc1.C[Si](C)(C)c1ccc(-c2[c-]ccc(-c3ccccc3)c2)nc1.C[Si](C)(C)c1ccnc(-c2[c-]cc(Cc3ccccc3)cc2)c1.[Ir].[Ir].[Ir].[c-]1ccc2c(oc3ccccc32)c1-c1cc(CC2CCCCC2)ccn1. The molecular weight excluding hydrogens is 2410 g/mol. The topological polar surface area (TPSA) is 104 Å². The number of rotatable bonds is 20. The van der Waals surface area contributed by atoms with Gasteiger partial charge < -0.3 is 33.8 Å². The van der Waals surface area contributed by atoms with Crippen molar-refractivity contribution < 1.29 is 69.2 Å². The number of pyridine rings is 6. The molecule has 21 rings (SSSR count). The summed E-state index contributed by atoms with van der Waals surface area (Å²) < 4.78 is 13.7. The average Bonchev–Trinajstić information content (AvgIpc) is 1.63. The zero-order valence-corrected chi connectivity index (χ0v) is 98.8. The van der Waals surface area contributed by atoms with E-state index in [1.165, 1.54) is 108 Å². The van der Waals surface area contributed by atoms with Gasteiger partial charge in [0.25, 0.3) is 0 Å². The van der Waals surface area contributed by atoms with Gasteiger partial charge >= 0.3 is 142 Å². The van der Waals surface area contributed by atoms with Crippen molar-refractivity contribution in [2.75, 3.05) is 0 Å². The molecule has 3 radical (unpaired) electrons. The second-order valence-electron chi connectivity index (χ2n) is 42.3. The van der Waals surface area contributed by atoms with Crippen LogP contribution in [0.15, 0.2) is 386 Å². The number of nitrogens with zero attached hydrogens (tertiary/aromatic N) is 6. The van der Waals surface area contributed by atoms with E-state index in [4.69, 9.17) is 8.83 Å². The largest absolute Gasteiger partial charge is 0.501 e. The maximum absolute atomic E-state index is 6.16. The minimum Gasteiger partial charge on any atom is -0.501 e. The number of fused-ring (bicyclic) bond motifs is 6. The predicted octanol–water partition coefficient (Wildman–Crippen LogP) is 32.2. The van der Waals surface area contributed by atoms with Crippen LogP contribution in [0.1, 0.15) is 123 Å². The predicted molar refractivity (Wildman–Crippen MR) is 609 cm³/mol. The van der Waals surface area contributed by atoms with E-state index in [2.05, 4.69) is 468 Å². The van der Waals surface area contributed by atoms with Gasteiger partial charge in [-0.2, -0.15) is 0 Å². The molecule has 1 fully saturated rings. The first-order chi connectivity index (χ1) is 68.4. The summed E-state index contributed by atoms with van der Waals surface area (Å²) in [7, 11) is -3.91. The normalized spacial score (nSPS) is 12.3. The molecule has 0 N–H and O–H groups in total. The second kappa shape index (κ2) is 50.6. The summed E-state index contributed by atoms with van der Waals surface area (Å²) in [6.07, 6.45) is 20.9. The monoisotopic (exact) mass is 2540 g/mol. The Balaban J connectivity index is 0.000000145. The standard InChI is InChI=1S/C24H22NO.C23H26NSi.C22H24GeN.C21H22NSi.C20H16NO.C20H20NSi.3Ir/c1-2-7-17(8-3-1)15-18-13-14-25-22(16-18)21-11-6-10-20-19-9-4-5-12-23(19)26-24(20)21;1-23(2,19-9-7-6-8-10-19)20-13-11-18(12-14-20)22-16-15-21(17-24-22)25(3,4)5;1-17(18-8-6-5-7-9-18)19-10-12-20(13-11-19)22-15-14-21(16-24-22)23(2,3)4;1-23(2,3)20-13-14-22-21(16-20)19-11-9-18(10-12-19)15-17-7-5-4-6-8-17;1-13(2)14-10-11-21-18(12-14)17-8-5-7-16-15-6-3-4-9-19(15)22-20(16)17;1-22(2,3)19-12-13-20(21-15-19)18-11-7-10-17(14-18)16-8-5-4-6-9-16;;;/h4-6,9-10,12-14,16-17H,1-3,7-8,15H2;6-11,13-17H,1-5H3;5-12,14-17H,1-4H3;4-11,13-14,16H,15H2,1-3H3;3-7,9-13H,1-2H3;4-10,12-15H,1-3H3;;;/q6*-1;;;. The Labute approximate surface area is 907 Å². The fraction of sp³-hybridized carbons (Fsp3) is 0.215. The van der Waals surface area contributed by atoms with E-state index in [9.17, 15) is 0 Å². The third-order valence-corrected chi connectivity index (χ3v) is 37.4. The van der Waals surface area contributed by atoms with Crippen molar-refractivity contribution in [2.45, 2.75) is 173 Å². The van der Waals surface area contributed by atoms with Crippen LogP contribution >= 0.6 is 0 Å². The fourth-order valence-corrected chi connectivity index (χ4v) is 23.4. The summed E-state index contributed by atoms with van der Waals surface area (Å²) in [5.41, 5.74) is 28.4. The molecule has 8 aromatic heterocycles. The first-order valence-corrected chi connectivity index (χ1v) is 68.0. The van der Waals surface area contributed by atoms with Gasteiger partial charge in [-0.05, 0) is 110 Å². The van der Waals surface area contributed by atoms with Crippen molar-refractivity contribution in [1.82, 2.24) is 29.9 Å². The van der Waals surface area contributed by atoms with Crippen molar-refractivity contribution in [3.05, 3.63) is 458 Å². The fourth-order valence-electron chi connectivity index (χ4n) is 18.0. The van der Waals surface area contributed by atoms with Crippen LogP contribution in [0.4, 0.5) is 0 Å². The van der Waals surface area contributed by atoms with Gasteiger partial charge in [0.05, 0.1) is 35.4 Å². The number of hydrogen-bond donors (Lipinski definition) is 0. The molecule has 8 heterocycles. The van der Waals surface area contributed by atoms with Gasteiger partial charge in [-0.25, -0.2) is 0 Å². The Morgan fingerprint density at radius 2 is 0.834 bits per heavy atom. The molecule has 145 heavy (non-hydrogen) atoms. The number of para-hydroxylation sites is 2. The summed E-state index contributed by atoms with van der Waals surface area (Å²) in [5.74, 6) is 8.84. The quantitative estimate of drug-likeness (QED) is 0.0549. The Morgan fingerprint density at radius 1 is 0.345 bits per heavy atom. The van der Waals surface area contributed by atoms with Crippen LogP contribution in [0.25, 0.3) is 123 Å². The molecule has 1 unspecified atom stereocenters. The molecule has 1 saturated carbocycles. The van der Waals surface area contributed by atoms with Crippen LogP contribution in [0.5, 0.6) is 0 Å². The molecule has 0 aliphatic heterocycles. The van der Waals surface area contributed by atoms with Gasteiger partial charge in [-0.3, -0.25) is 0 Å². The molecule has 1 aliphatic rings. The van der Waals surface area contributed by atoms with E-state index < -0.39 is 37.5 Å². The number of hydrogen-bond acceptors (Lipinski definition) is 8. The number of aromatic nitrogens is 6. The van der Waals surface area contributed by atoms with Crippen molar-refractivity contribution in [3.8, 4) is 78.7 Å². The zero-order valence-electron chi connectivity index (χ0n) is 86.5. The molecule has 20 aromatic rings.